The zero-order valence-corrected chi connectivity index (χ0v) is 14.6. The number of aliphatic carboxylic acids is 1. The molecular formula is C19H26O6. The van der Waals surface area contributed by atoms with Gasteiger partial charge in [0.1, 0.15) is 12.2 Å². The molecule has 0 heterocycles. The number of esters is 1. The first-order chi connectivity index (χ1) is 11.7. The average Bonchev–Trinajstić information content (AvgIpc) is 2.57. The highest BCUT2D eigenvalue weighted by Crippen LogP contribution is 2.38. The van der Waals surface area contributed by atoms with Crippen LogP contribution in [0.2, 0.25) is 0 Å². The summed E-state index contributed by atoms with van der Waals surface area (Å²) in [6.07, 6.45) is -2.29. The molecule has 0 spiro atoms. The first-order valence-corrected chi connectivity index (χ1v) is 8.57. The van der Waals surface area contributed by atoms with Gasteiger partial charge in [-0.2, -0.15) is 0 Å². The summed E-state index contributed by atoms with van der Waals surface area (Å²) < 4.78 is 5.36. The number of aryl methyl sites for hydroxylation is 1. The molecule has 5 atom stereocenters. The molecule has 1 aromatic rings. The zero-order valence-electron chi connectivity index (χ0n) is 14.6. The van der Waals surface area contributed by atoms with Crippen LogP contribution in [0.15, 0.2) is 30.3 Å². The number of rotatable bonds is 6. The van der Waals surface area contributed by atoms with E-state index in [4.69, 9.17) is 4.74 Å². The molecule has 0 saturated heterocycles. The van der Waals surface area contributed by atoms with Gasteiger partial charge in [0.15, 0.2) is 0 Å². The van der Waals surface area contributed by atoms with Crippen LogP contribution in [0.4, 0.5) is 0 Å². The fraction of sp³-hybridized carbons (Fsp3) is 0.579. The SMILES string of the molecule is CC(CCc1ccccc1)C(=O)OC1CC(C)(C(=O)O)CC(O)C1O. The number of hydrogen-bond donors (Lipinski definition) is 3. The predicted octanol–water partition coefficient (Wildman–Crippen LogP) is 1.77. The molecule has 2 rings (SSSR count). The van der Waals surface area contributed by atoms with Crippen molar-refractivity contribution in [2.24, 2.45) is 11.3 Å². The normalized spacial score (nSPS) is 30.5. The van der Waals surface area contributed by atoms with Gasteiger partial charge >= 0.3 is 11.9 Å². The summed E-state index contributed by atoms with van der Waals surface area (Å²) in [5.41, 5.74) is -0.106. The van der Waals surface area contributed by atoms with Gasteiger partial charge in [-0.05, 0) is 31.7 Å². The lowest BCUT2D eigenvalue weighted by Crippen LogP contribution is -2.52. The molecule has 5 unspecified atom stereocenters. The maximum atomic E-state index is 12.3. The van der Waals surface area contributed by atoms with E-state index < -0.39 is 35.7 Å². The fourth-order valence-corrected chi connectivity index (χ4v) is 3.18. The maximum Gasteiger partial charge on any atom is 0.309 e. The third-order valence-electron chi connectivity index (χ3n) is 4.98. The van der Waals surface area contributed by atoms with E-state index in [1.165, 1.54) is 6.92 Å². The number of carbonyl (C=O) groups is 2. The second kappa shape index (κ2) is 7.97. The molecule has 3 N–H and O–H groups in total. The summed E-state index contributed by atoms with van der Waals surface area (Å²) in [4.78, 5) is 23.7. The van der Waals surface area contributed by atoms with Crippen molar-refractivity contribution in [3.05, 3.63) is 35.9 Å². The van der Waals surface area contributed by atoms with Gasteiger partial charge in [-0.1, -0.05) is 37.3 Å². The molecular weight excluding hydrogens is 324 g/mol. The van der Waals surface area contributed by atoms with Crippen LogP contribution in [0.1, 0.15) is 38.7 Å². The highest BCUT2D eigenvalue weighted by Gasteiger charge is 2.48. The van der Waals surface area contributed by atoms with Crippen molar-refractivity contribution in [3.8, 4) is 0 Å². The standard InChI is InChI=1S/C19H26O6/c1-12(8-9-13-6-4-3-5-7-13)17(22)25-15-11-19(2,18(23)24)10-14(20)16(15)21/h3-7,12,14-16,20-21H,8-11H2,1-2H3,(H,23,24). The quantitative estimate of drug-likeness (QED) is 0.676. The average molecular weight is 350 g/mol. The molecule has 0 aromatic heterocycles. The van der Waals surface area contributed by atoms with Crippen molar-refractivity contribution < 1.29 is 29.6 Å². The van der Waals surface area contributed by atoms with Crippen molar-refractivity contribution in [2.45, 2.75) is 57.8 Å². The van der Waals surface area contributed by atoms with Gasteiger partial charge in [-0.15, -0.1) is 0 Å². The smallest absolute Gasteiger partial charge is 0.309 e. The second-order valence-electron chi connectivity index (χ2n) is 7.23. The molecule has 1 fully saturated rings. The largest absolute Gasteiger partial charge is 0.481 e. The fourth-order valence-electron chi connectivity index (χ4n) is 3.18. The number of carbonyl (C=O) groups excluding carboxylic acids is 1. The Morgan fingerprint density at radius 3 is 2.48 bits per heavy atom. The summed E-state index contributed by atoms with van der Waals surface area (Å²) in [7, 11) is 0. The Balaban J connectivity index is 1.94. The van der Waals surface area contributed by atoms with Crippen molar-refractivity contribution in [3.63, 3.8) is 0 Å². The molecule has 1 aliphatic rings. The minimum absolute atomic E-state index is 0.0162. The van der Waals surface area contributed by atoms with Gasteiger partial charge in [-0.25, -0.2) is 0 Å². The Labute approximate surface area is 147 Å². The van der Waals surface area contributed by atoms with Crippen molar-refractivity contribution in [1.82, 2.24) is 0 Å². The number of carboxylic acids is 1. The van der Waals surface area contributed by atoms with E-state index in [0.717, 1.165) is 12.0 Å². The van der Waals surface area contributed by atoms with Crippen molar-refractivity contribution >= 4 is 11.9 Å². The second-order valence-corrected chi connectivity index (χ2v) is 7.23. The molecule has 0 aliphatic heterocycles. The minimum Gasteiger partial charge on any atom is -0.481 e. The molecule has 138 valence electrons. The van der Waals surface area contributed by atoms with Crippen LogP contribution in [-0.4, -0.2) is 45.6 Å². The molecule has 1 aliphatic carbocycles. The molecule has 0 bridgehead atoms. The Morgan fingerprint density at radius 2 is 1.88 bits per heavy atom. The number of aliphatic hydroxyl groups is 2. The third kappa shape index (κ3) is 4.80. The Hall–Kier alpha value is -1.92. The summed E-state index contributed by atoms with van der Waals surface area (Å²) in [6, 6.07) is 9.77. The van der Waals surface area contributed by atoms with Crippen LogP contribution in [-0.2, 0) is 20.7 Å². The van der Waals surface area contributed by atoms with Crippen LogP contribution >= 0.6 is 0 Å². The lowest BCUT2D eigenvalue weighted by atomic mass is 9.72. The Morgan fingerprint density at radius 1 is 1.24 bits per heavy atom. The summed E-state index contributed by atoms with van der Waals surface area (Å²) in [5, 5.41) is 29.3. The summed E-state index contributed by atoms with van der Waals surface area (Å²) in [6.45, 7) is 3.23. The predicted molar refractivity (Wildman–Crippen MR) is 90.8 cm³/mol. The maximum absolute atomic E-state index is 12.3. The monoisotopic (exact) mass is 350 g/mol. The number of ether oxygens (including phenoxy) is 1. The minimum atomic E-state index is -1.27. The number of benzene rings is 1. The Kier molecular flexibility index (Phi) is 6.19. The number of carboxylic acid groups (broad SMARTS) is 1. The van der Waals surface area contributed by atoms with Gasteiger partial charge in [0.25, 0.3) is 0 Å². The summed E-state index contributed by atoms with van der Waals surface area (Å²) in [5.74, 6) is -1.94. The van der Waals surface area contributed by atoms with Gasteiger partial charge in [0.2, 0.25) is 0 Å². The zero-order chi connectivity index (χ0) is 18.6. The molecule has 6 nitrogen and oxygen atoms in total. The van der Waals surface area contributed by atoms with Gasteiger partial charge in [0.05, 0.1) is 17.4 Å². The van der Waals surface area contributed by atoms with Crippen LogP contribution in [0.25, 0.3) is 0 Å². The Bertz CT molecular complexity index is 601. The number of hydrogen-bond acceptors (Lipinski definition) is 5. The first kappa shape index (κ1) is 19.4. The highest BCUT2D eigenvalue weighted by molar-refractivity contribution is 5.75. The van der Waals surface area contributed by atoms with Gasteiger partial charge < -0.3 is 20.1 Å². The van der Waals surface area contributed by atoms with Crippen LogP contribution in [0.5, 0.6) is 0 Å². The lowest BCUT2D eigenvalue weighted by Gasteiger charge is -2.40. The van der Waals surface area contributed by atoms with E-state index in [-0.39, 0.29) is 18.8 Å². The van der Waals surface area contributed by atoms with E-state index >= 15 is 0 Å². The van der Waals surface area contributed by atoms with Crippen molar-refractivity contribution in [1.29, 1.82) is 0 Å². The van der Waals surface area contributed by atoms with E-state index in [9.17, 15) is 24.9 Å². The van der Waals surface area contributed by atoms with Gasteiger partial charge in [0, 0.05) is 6.42 Å². The van der Waals surface area contributed by atoms with Crippen LogP contribution < -0.4 is 0 Å². The van der Waals surface area contributed by atoms with E-state index in [0.29, 0.717) is 6.42 Å². The number of aliphatic hydroxyl groups excluding tert-OH is 2. The summed E-state index contributed by atoms with van der Waals surface area (Å²) >= 11 is 0. The molecule has 1 aromatic carbocycles. The third-order valence-corrected chi connectivity index (χ3v) is 4.98. The lowest BCUT2D eigenvalue weighted by molar-refractivity contribution is -0.185. The molecule has 1 saturated carbocycles. The first-order valence-electron chi connectivity index (χ1n) is 8.57. The molecule has 6 heteroatoms. The van der Waals surface area contributed by atoms with Gasteiger partial charge in [-0.3, -0.25) is 9.59 Å². The molecule has 25 heavy (non-hydrogen) atoms. The molecule has 0 radical (unpaired) electrons. The van der Waals surface area contributed by atoms with Crippen LogP contribution in [0.3, 0.4) is 0 Å². The molecule has 0 amide bonds. The van der Waals surface area contributed by atoms with Crippen LogP contribution in [0, 0.1) is 11.3 Å². The van der Waals surface area contributed by atoms with E-state index in [2.05, 4.69) is 0 Å². The van der Waals surface area contributed by atoms with E-state index in [1.54, 1.807) is 6.92 Å². The topological polar surface area (TPSA) is 104 Å². The van der Waals surface area contributed by atoms with E-state index in [1.807, 2.05) is 30.3 Å². The van der Waals surface area contributed by atoms with Crippen molar-refractivity contribution in [2.75, 3.05) is 0 Å². The highest BCUT2D eigenvalue weighted by atomic mass is 16.6.